The van der Waals surface area contributed by atoms with Crippen LogP contribution in [-0.4, -0.2) is 25.2 Å². The van der Waals surface area contributed by atoms with Crippen LogP contribution in [0.25, 0.3) is 21.6 Å². The molecule has 0 aliphatic carbocycles. The van der Waals surface area contributed by atoms with E-state index in [1.54, 1.807) is 0 Å². The summed E-state index contributed by atoms with van der Waals surface area (Å²) < 4.78 is 24.7. The van der Waals surface area contributed by atoms with Crippen molar-refractivity contribution in [3.05, 3.63) is 71.1 Å². The largest absolute Gasteiger partial charge is 0.481 e. The molecule has 6 heteroatoms. The van der Waals surface area contributed by atoms with Crippen LogP contribution < -0.4 is 0 Å². The summed E-state index contributed by atoms with van der Waals surface area (Å²) in [6.07, 6.45) is 1.31. The van der Waals surface area contributed by atoms with Gasteiger partial charge in [-0.2, -0.15) is 0 Å². The first kappa shape index (κ1) is 23.7. The quantitative estimate of drug-likeness (QED) is 0.442. The second-order valence-electron chi connectivity index (χ2n) is 9.91. The van der Waals surface area contributed by atoms with E-state index >= 15 is 0 Å². The molecular formula is C27H30O4S2. The second kappa shape index (κ2) is 8.73. The van der Waals surface area contributed by atoms with Gasteiger partial charge in [0.1, 0.15) is 4.75 Å². The molecule has 1 N–H and O–H groups in total. The number of carbonyl (C=O) groups is 1. The molecule has 0 unspecified atom stereocenters. The van der Waals surface area contributed by atoms with Gasteiger partial charge in [-0.3, -0.25) is 4.79 Å². The first-order valence-electron chi connectivity index (χ1n) is 11.3. The molecule has 1 aliphatic rings. The van der Waals surface area contributed by atoms with Crippen LogP contribution in [0.4, 0.5) is 0 Å². The lowest BCUT2D eigenvalue weighted by Gasteiger charge is -2.34. The summed E-state index contributed by atoms with van der Waals surface area (Å²) in [5.41, 5.74) is 4.67. The molecule has 4 rings (SSSR count). The number of carboxylic acid groups (broad SMARTS) is 1. The fourth-order valence-corrected chi connectivity index (χ4v) is 8.36. The van der Waals surface area contributed by atoms with Gasteiger partial charge in [-0.15, -0.1) is 11.3 Å². The van der Waals surface area contributed by atoms with Crippen molar-refractivity contribution in [2.45, 2.75) is 56.6 Å². The third-order valence-electron chi connectivity index (χ3n) is 6.58. The standard InChI is InChI=1S/C27H30O4S2/c1-26(2,3)22-12-10-20(11-13-22)19-6-8-21(9-7-19)23-14-15-24(32-23)27(18-25(28)29)16-4-5-17-33(27,30)31/h6-15H,4-5,16-18H2,1-3H3,(H,28,29)/t27-/m0/s1. The first-order chi connectivity index (χ1) is 15.5. The van der Waals surface area contributed by atoms with Crippen LogP contribution in [0, 0.1) is 0 Å². The van der Waals surface area contributed by atoms with Gasteiger partial charge in [-0.25, -0.2) is 8.42 Å². The van der Waals surface area contributed by atoms with Crippen LogP contribution >= 0.6 is 11.3 Å². The minimum Gasteiger partial charge on any atom is -0.481 e. The summed E-state index contributed by atoms with van der Waals surface area (Å²) in [5.74, 6) is -1.02. The number of aliphatic carboxylic acids is 1. The van der Waals surface area contributed by atoms with E-state index < -0.39 is 20.6 Å². The topological polar surface area (TPSA) is 71.4 Å². The number of thiophene rings is 1. The van der Waals surface area contributed by atoms with E-state index in [0.29, 0.717) is 17.7 Å². The highest BCUT2D eigenvalue weighted by Gasteiger charge is 2.49. The Morgan fingerprint density at radius 1 is 0.909 bits per heavy atom. The van der Waals surface area contributed by atoms with Gasteiger partial charge >= 0.3 is 5.97 Å². The van der Waals surface area contributed by atoms with E-state index in [1.807, 2.05) is 24.3 Å². The Morgan fingerprint density at radius 2 is 1.48 bits per heavy atom. The fraction of sp³-hybridized carbons (Fsp3) is 0.370. The molecule has 0 bridgehead atoms. The monoisotopic (exact) mass is 482 g/mol. The summed E-state index contributed by atoms with van der Waals surface area (Å²) in [6, 6.07) is 20.6. The molecule has 0 radical (unpaired) electrons. The lowest BCUT2D eigenvalue weighted by molar-refractivity contribution is -0.137. The summed E-state index contributed by atoms with van der Waals surface area (Å²) in [5, 5.41) is 9.49. The van der Waals surface area contributed by atoms with E-state index in [-0.39, 0.29) is 17.6 Å². The van der Waals surface area contributed by atoms with Gasteiger partial charge in [0.25, 0.3) is 0 Å². The zero-order valence-electron chi connectivity index (χ0n) is 19.3. The van der Waals surface area contributed by atoms with Crippen LogP contribution in [0.3, 0.4) is 0 Å². The molecule has 1 saturated heterocycles. The molecule has 3 aromatic rings. The zero-order valence-corrected chi connectivity index (χ0v) is 20.9. The maximum Gasteiger partial charge on any atom is 0.305 e. The molecule has 2 heterocycles. The molecule has 33 heavy (non-hydrogen) atoms. The Morgan fingerprint density at radius 3 is 2.03 bits per heavy atom. The van der Waals surface area contributed by atoms with Crippen molar-refractivity contribution >= 4 is 27.1 Å². The van der Waals surface area contributed by atoms with Crippen molar-refractivity contribution in [3.8, 4) is 21.6 Å². The summed E-state index contributed by atoms with van der Waals surface area (Å²) in [7, 11) is -3.53. The molecule has 0 spiro atoms. The average molecular weight is 483 g/mol. The highest BCUT2D eigenvalue weighted by molar-refractivity contribution is 7.92. The van der Waals surface area contributed by atoms with Crippen molar-refractivity contribution in [1.29, 1.82) is 0 Å². The molecular weight excluding hydrogens is 452 g/mol. The maximum atomic E-state index is 13.0. The number of hydrogen-bond donors (Lipinski definition) is 1. The third-order valence-corrected chi connectivity index (χ3v) is 10.6. The number of sulfone groups is 1. The molecule has 4 nitrogen and oxygen atoms in total. The third kappa shape index (κ3) is 4.64. The van der Waals surface area contributed by atoms with Gasteiger partial charge in [0.2, 0.25) is 0 Å². The first-order valence-corrected chi connectivity index (χ1v) is 13.7. The molecule has 1 atom stereocenters. The van der Waals surface area contributed by atoms with Gasteiger partial charge in [0.15, 0.2) is 9.84 Å². The molecule has 1 aromatic heterocycles. The number of benzene rings is 2. The van der Waals surface area contributed by atoms with Crippen LogP contribution in [-0.2, 0) is 24.8 Å². The summed E-state index contributed by atoms with van der Waals surface area (Å²) in [4.78, 5) is 13.2. The Balaban J connectivity index is 1.63. The predicted molar refractivity (Wildman–Crippen MR) is 135 cm³/mol. The summed E-state index contributed by atoms with van der Waals surface area (Å²) in [6.45, 7) is 6.60. The van der Waals surface area contributed by atoms with Crippen LogP contribution in [0.15, 0.2) is 60.7 Å². The molecule has 1 fully saturated rings. The van der Waals surface area contributed by atoms with Crippen molar-refractivity contribution in [2.24, 2.45) is 0 Å². The van der Waals surface area contributed by atoms with Crippen molar-refractivity contribution in [3.63, 3.8) is 0 Å². The van der Waals surface area contributed by atoms with Gasteiger partial charge in [-0.1, -0.05) is 75.7 Å². The minimum atomic E-state index is -3.53. The predicted octanol–water partition coefficient (Wildman–Crippen LogP) is 6.65. The van der Waals surface area contributed by atoms with Crippen molar-refractivity contribution < 1.29 is 18.3 Å². The smallest absolute Gasteiger partial charge is 0.305 e. The molecule has 174 valence electrons. The van der Waals surface area contributed by atoms with E-state index in [1.165, 1.54) is 16.9 Å². The maximum absolute atomic E-state index is 13.0. The molecule has 0 saturated carbocycles. The highest BCUT2D eigenvalue weighted by Crippen LogP contribution is 2.47. The Bertz CT molecular complexity index is 1250. The lowest BCUT2D eigenvalue weighted by atomic mass is 9.86. The fourth-order valence-electron chi connectivity index (χ4n) is 4.59. The van der Waals surface area contributed by atoms with Gasteiger partial charge in [-0.05, 0) is 52.6 Å². The SMILES string of the molecule is CC(C)(C)c1ccc(-c2ccc(-c3ccc([C@@]4(CC(=O)O)CCCCS4(=O)=O)s3)cc2)cc1. The zero-order chi connectivity index (χ0) is 23.9. The Labute approximate surface area is 200 Å². The number of carboxylic acids is 1. The normalized spacial score (nSPS) is 20.5. The minimum absolute atomic E-state index is 0.0518. The van der Waals surface area contributed by atoms with E-state index in [2.05, 4.69) is 57.2 Å². The summed E-state index contributed by atoms with van der Waals surface area (Å²) >= 11 is 1.40. The number of hydrogen-bond acceptors (Lipinski definition) is 4. The molecule has 1 aliphatic heterocycles. The molecule has 0 amide bonds. The van der Waals surface area contributed by atoms with Crippen LogP contribution in [0.2, 0.25) is 0 Å². The number of rotatable bonds is 5. The van der Waals surface area contributed by atoms with Crippen LogP contribution in [0.1, 0.15) is 56.9 Å². The van der Waals surface area contributed by atoms with Crippen molar-refractivity contribution in [2.75, 3.05) is 5.75 Å². The highest BCUT2D eigenvalue weighted by atomic mass is 32.2. The Hall–Kier alpha value is -2.44. The molecule has 2 aromatic carbocycles. The van der Waals surface area contributed by atoms with Crippen molar-refractivity contribution in [1.82, 2.24) is 0 Å². The van der Waals surface area contributed by atoms with E-state index in [4.69, 9.17) is 0 Å². The second-order valence-corrected chi connectivity index (χ2v) is 13.4. The van der Waals surface area contributed by atoms with Gasteiger partial charge < -0.3 is 5.11 Å². The Kier molecular flexibility index (Phi) is 6.27. The lowest BCUT2D eigenvalue weighted by Crippen LogP contribution is -2.41. The van der Waals surface area contributed by atoms with E-state index in [9.17, 15) is 18.3 Å². The average Bonchev–Trinajstić information content (AvgIpc) is 3.25. The van der Waals surface area contributed by atoms with Gasteiger partial charge in [0, 0.05) is 9.75 Å². The van der Waals surface area contributed by atoms with Crippen LogP contribution in [0.5, 0.6) is 0 Å². The van der Waals surface area contributed by atoms with E-state index in [0.717, 1.165) is 28.0 Å². The van der Waals surface area contributed by atoms with Gasteiger partial charge in [0.05, 0.1) is 12.2 Å².